The van der Waals surface area contributed by atoms with Gasteiger partial charge in [-0.2, -0.15) is 0 Å². The second kappa shape index (κ2) is 9.92. The molecule has 0 aliphatic rings. The normalized spacial score (nSPS) is 10.8. The van der Waals surface area contributed by atoms with Gasteiger partial charge in [-0.3, -0.25) is 14.8 Å². The SMILES string of the molecule is COC(=O)c1cccc(COC(=O)c2ccccc2NS(=O)(=O)c2cccc([N+](=O)[O-])c2)c1. The second-order valence-corrected chi connectivity index (χ2v) is 8.36. The van der Waals surface area contributed by atoms with Crippen LogP contribution in [-0.2, 0) is 26.1 Å². The molecule has 3 aromatic rings. The van der Waals surface area contributed by atoms with Crippen molar-refractivity contribution in [3.05, 3.63) is 99.6 Å². The summed E-state index contributed by atoms with van der Waals surface area (Å²) in [7, 11) is -2.97. The molecule has 0 saturated carbocycles. The minimum absolute atomic E-state index is 0.0580. The van der Waals surface area contributed by atoms with Gasteiger partial charge in [-0.15, -0.1) is 0 Å². The number of benzene rings is 3. The Morgan fingerprint density at radius 2 is 1.70 bits per heavy atom. The number of anilines is 1. The molecule has 0 aliphatic carbocycles. The number of non-ortho nitro benzene ring substituents is 1. The monoisotopic (exact) mass is 470 g/mol. The van der Waals surface area contributed by atoms with Crippen molar-refractivity contribution in [2.24, 2.45) is 0 Å². The van der Waals surface area contributed by atoms with E-state index in [1.807, 2.05) is 0 Å². The average Bonchev–Trinajstić information content (AvgIpc) is 2.82. The number of esters is 2. The lowest BCUT2D eigenvalue weighted by Crippen LogP contribution is -2.16. The number of carbonyl (C=O) groups is 2. The Morgan fingerprint density at radius 1 is 0.970 bits per heavy atom. The van der Waals surface area contributed by atoms with Crippen molar-refractivity contribution in [1.82, 2.24) is 0 Å². The molecule has 0 aliphatic heterocycles. The summed E-state index contributed by atoms with van der Waals surface area (Å²) in [4.78, 5) is 34.2. The molecule has 0 fully saturated rings. The molecule has 170 valence electrons. The van der Waals surface area contributed by atoms with E-state index >= 15 is 0 Å². The van der Waals surface area contributed by atoms with Crippen LogP contribution in [-0.4, -0.2) is 32.4 Å². The number of rotatable bonds is 8. The van der Waals surface area contributed by atoms with Gasteiger partial charge in [0.2, 0.25) is 0 Å². The lowest BCUT2D eigenvalue weighted by molar-refractivity contribution is -0.385. The molecule has 10 nitrogen and oxygen atoms in total. The maximum Gasteiger partial charge on any atom is 0.340 e. The zero-order valence-corrected chi connectivity index (χ0v) is 18.1. The summed E-state index contributed by atoms with van der Waals surface area (Å²) in [5, 5.41) is 10.9. The van der Waals surface area contributed by atoms with Crippen LogP contribution >= 0.6 is 0 Å². The third-order valence-corrected chi connectivity index (χ3v) is 5.81. The van der Waals surface area contributed by atoms with E-state index in [2.05, 4.69) is 9.46 Å². The number of hydrogen-bond acceptors (Lipinski definition) is 8. The van der Waals surface area contributed by atoms with E-state index in [1.165, 1.54) is 55.6 Å². The van der Waals surface area contributed by atoms with Crippen molar-refractivity contribution in [1.29, 1.82) is 0 Å². The summed E-state index contributed by atoms with van der Waals surface area (Å²) >= 11 is 0. The lowest BCUT2D eigenvalue weighted by Gasteiger charge is -2.12. The Kier molecular flexibility index (Phi) is 7.04. The van der Waals surface area contributed by atoms with Gasteiger partial charge in [0.1, 0.15) is 6.61 Å². The summed E-state index contributed by atoms with van der Waals surface area (Å²) < 4.78 is 37.7. The van der Waals surface area contributed by atoms with E-state index in [0.717, 1.165) is 6.07 Å². The molecular weight excluding hydrogens is 452 g/mol. The zero-order valence-electron chi connectivity index (χ0n) is 17.3. The molecule has 0 saturated heterocycles. The van der Waals surface area contributed by atoms with Gasteiger partial charge in [0.05, 0.1) is 33.7 Å². The number of sulfonamides is 1. The largest absolute Gasteiger partial charge is 0.465 e. The highest BCUT2D eigenvalue weighted by atomic mass is 32.2. The zero-order chi connectivity index (χ0) is 24.0. The number of para-hydroxylation sites is 1. The van der Waals surface area contributed by atoms with Crippen LogP contribution < -0.4 is 4.72 Å². The van der Waals surface area contributed by atoms with E-state index in [-0.39, 0.29) is 34.0 Å². The molecule has 3 aromatic carbocycles. The van der Waals surface area contributed by atoms with Crippen LogP contribution in [0.15, 0.2) is 77.7 Å². The van der Waals surface area contributed by atoms with Crippen molar-refractivity contribution < 1.29 is 32.4 Å². The summed E-state index contributed by atoms with van der Waals surface area (Å²) in [6.07, 6.45) is 0. The van der Waals surface area contributed by atoms with E-state index in [1.54, 1.807) is 18.2 Å². The molecule has 0 bridgehead atoms. The van der Waals surface area contributed by atoms with E-state index in [0.29, 0.717) is 5.56 Å². The average molecular weight is 470 g/mol. The molecule has 33 heavy (non-hydrogen) atoms. The molecule has 0 atom stereocenters. The molecule has 0 amide bonds. The first-order valence-electron chi connectivity index (χ1n) is 9.42. The molecule has 0 aromatic heterocycles. The maximum atomic E-state index is 12.7. The quantitative estimate of drug-likeness (QED) is 0.299. The van der Waals surface area contributed by atoms with Crippen molar-refractivity contribution in [3.63, 3.8) is 0 Å². The first-order chi connectivity index (χ1) is 15.7. The number of nitrogens with one attached hydrogen (secondary N) is 1. The minimum Gasteiger partial charge on any atom is -0.465 e. The number of hydrogen-bond donors (Lipinski definition) is 1. The molecule has 0 radical (unpaired) electrons. The molecule has 1 N–H and O–H groups in total. The summed E-state index contributed by atoms with van der Waals surface area (Å²) in [6, 6.07) is 16.6. The van der Waals surface area contributed by atoms with Gasteiger partial charge in [-0.05, 0) is 35.9 Å². The molecular formula is C22H18N2O8S. The van der Waals surface area contributed by atoms with Gasteiger partial charge in [-0.1, -0.05) is 30.3 Å². The maximum absolute atomic E-state index is 12.7. The second-order valence-electron chi connectivity index (χ2n) is 6.67. The number of nitro groups is 1. The van der Waals surface area contributed by atoms with Gasteiger partial charge in [0, 0.05) is 12.1 Å². The van der Waals surface area contributed by atoms with Crippen molar-refractivity contribution in [2.45, 2.75) is 11.5 Å². The summed E-state index contributed by atoms with van der Waals surface area (Å²) in [5.41, 5.74) is 0.310. The molecule has 3 rings (SSSR count). The van der Waals surface area contributed by atoms with Crippen LogP contribution in [0.4, 0.5) is 11.4 Å². The predicted octanol–water partition coefficient (Wildman–Crippen LogP) is 3.54. The Balaban J connectivity index is 1.79. The minimum atomic E-state index is -4.22. The molecule has 0 unspecified atom stereocenters. The summed E-state index contributed by atoms with van der Waals surface area (Å²) in [6.45, 7) is -0.171. The van der Waals surface area contributed by atoms with Crippen LogP contribution in [0.3, 0.4) is 0 Å². The van der Waals surface area contributed by atoms with Gasteiger partial charge in [0.25, 0.3) is 15.7 Å². The summed E-state index contributed by atoms with van der Waals surface area (Å²) in [5.74, 6) is -1.35. The molecule has 11 heteroatoms. The van der Waals surface area contributed by atoms with Crippen LogP contribution in [0.25, 0.3) is 0 Å². The Bertz CT molecular complexity index is 1320. The predicted molar refractivity (Wildman–Crippen MR) is 117 cm³/mol. The van der Waals surface area contributed by atoms with Crippen LogP contribution in [0, 0.1) is 10.1 Å². The topological polar surface area (TPSA) is 142 Å². The third kappa shape index (κ3) is 5.71. The van der Waals surface area contributed by atoms with Gasteiger partial charge in [-0.25, -0.2) is 18.0 Å². The van der Waals surface area contributed by atoms with Crippen LogP contribution in [0.5, 0.6) is 0 Å². The van der Waals surface area contributed by atoms with Crippen molar-refractivity contribution in [2.75, 3.05) is 11.8 Å². The van der Waals surface area contributed by atoms with Crippen molar-refractivity contribution in [3.8, 4) is 0 Å². The first-order valence-corrected chi connectivity index (χ1v) is 10.9. The molecule has 0 heterocycles. The van der Waals surface area contributed by atoms with E-state index < -0.39 is 26.9 Å². The lowest BCUT2D eigenvalue weighted by atomic mass is 10.1. The fourth-order valence-electron chi connectivity index (χ4n) is 2.85. The number of ether oxygens (including phenoxy) is 2. The smallest absolute Gasteiger partial charge is 0.340 e. The highest BCUT2D eigenvalue weighted by Gasteiger charge is 2.21. The number of methoxy groups -OCH3 is 1. The highest BCUT2D eigenvalue weighted by Crippen LogP contribution is 2.23. The van der Waals surface area contributed by atoms with Crippen molar-refractivity contribution >= 4 is 33.3 Å². The fourth-order valence-corrected chi connectivity index (χ4v) is 3.97. The van der Waals surface area contributed by atoms with Crippen LogP contribution in [0.2, 0.25) is 0 Å². The fraction of sp³-hybridized carbons (Fsp3) is 0.0909. The number of carbonyl (C=O) groups excluding carboxylic acids is 2. The van der Waals surface area contributed by atoms with Gasteiger partial charge >= 0.3 is 11.9 Å². The van der Waals surface area contributed by atoms with Gasteiger partial charge in [0.15, 0.2) is 0 Å². The number of nitro benzene ring substituents is 1. The van der Waals surface area contributed by atoms with E-state index in [4.69, 9.17) is 4.74 Å². The number of nitrogens with zero attached hydrogens (tertiary/aromatic N) is 1. The first kappa shape index (κ1) is 23.4. The van der Waals surface area contributed by atoms with E-state index in [9.17, 15) is 28.1 Å². The third-order valence-electron chi connectivity index (χ3n) is 4.45. The standard InChI is InChI=1S/C22H18N2O8S/c1-31-21(25)16-7-4-6-15(12-16)14-32-22(26)19-10-2-3-11-20(19)23-33(29,30)18-9-5-8-17(13-18)24(27)28/h2-13,23H,14H2,1H3. The van der Waals surface area contributed by atoms with Crippen LogP contribution in [0.1, 0.15) is 26.3 Å². The van der Waals surface area contributed by atoms with Gasteiger partial charge < -0.3 is 9.47 Å². The highest BCUT2D eigenvalue weighted by molar-refractivity contribution is 7.92. The Hall–Kier alpha value is -4.25. The Labute approximate surface area is 189 Å². The molecule has 0 spiro atoms. The Morgan fingerprint density at radius 3 is 2.42 bits per heavy atom.